The van der Waals surface area contributed by atoms with Gasteiger partial charge in [-0.15, -0.1) is 0 Å². The summed E-state index contributed by atoms with van der Waals surface area (Å²) in [5.41, 5.74) is 1.27. The normalized spacial score (nSPS) is 21.2. The second kappa shape index (κ2) is 4.00. The Morgan fingerprint density at radius 2 is 2.57 bits per heavy atom. The smallest absolute Gasteiger partial charge is 0.317 e. The maximum atomic E-state index is 11.5. The zero-order chi connectivity index (χ0) is 9.97. The Hall–Kier alpha value is -1.03. The Morgan fingerprint density at radius 1 is 1.71 bits per heavy atom. The summed E-state index contributed by atoms with van der Waals surface area (Å²) in [6.45, 7) is 0.875. The summed E-state index contributed by atoms with van der Waals surface area (Å²) in [6, 6.07) is 2.44. The van der Waals surface area contributed by atoms with Crippen LogP contribution in [0.5, 0.6) is 0 Å². The molecule has 1 fully saturated rings. The summed E-state index contributed by atoms with van der Waals surface area (Å²) < 4.78 is 0. The van der Waals surface area contributed by atoms with E-state index in [0.29, 0.717) is 6.04 Å². The predicted molar refractivity (Wildman–Crippen MR) is 57.5 cm³/mol. The van der Waals surface area contributed by atoms with Crippen molar-refractivity contribution < 1.29 is 4.79 Å². The first-order chi connectivity index (χ1) is 6.83. The lowest BCUT2D eigenvalue weighted by Gasteiger charge is -2.23. The summed E-state index contributed by atoms with van der Waals surface area (Å²) in [6.07, 6.45) is 2.19. The molecule has 1 aromatic rings. The van der Waals surface area contributed by atoms with Crippen molar-refractivity contribution in [2.45, 2.75) is 18.9 Å². The average Bonchev–Trinajstić information content (AvgIpc) is 2.85. The third-order valence-corrected chi connectivity index (χ3v) is 3.36. The van der Waals surface area contributed by atoms with Crippen LogP contribution in [0.2, 0.25) is 0 Å². The van der Waals surface area contributed by atoms with Gasteiger partial charge in [-0.3, -0.25) is 0 Å². The Morgan fingerprint density at radius 3 is 3.21 bits per heavy atom. The fraction of sp³-hybridized carbons (Fsp3) is 0.500. The Kier molecular flexibility index (Phi) is 2.72. The number of amides is 2. The van der Waals surface area contributed by atoms with Gasteiger partial charge >= 0.3 is 6.03 Å². The minimum atomic E-state index is 0.0405. The SMILES string of the molecule is CNC(=O)N1CCCC1c1ccsc1. The molecule has 1 aliphatic heterocycles. The van der Waals surface area contributed by atoms with E-state index in [1.165, 1.54) is 5.56 Å². The molecule has 2 heterocycles. The van der Waals surface area contributed by atoms with Gasteiger partial charge in [0, 0.05) is 13.6 Å². The van der Waals surface area contributed by atoms with Gasteiger partial charge in [0.1, 0.15) is 0 Å². The molecule has 0 aromatic carbocycles. The van der Waals surface area contributed by atoms with Crippen LogP contribution in [0.4, 0.5) is 4.79 Å². The Balaban J connectivity index is 2.15. The van der Waals surface area contributed by atoms with E-state index in [2.05, 4.69) is 22.1 Å². The van der Waals surface area contributed by atoms with Crippen LogP contribution in [-0.2, 0) is 0 Å². The minimum absolute atomic E-state index is 0.0405. The zero-order valence-electron chi connectivity index (χ0n) is 8.19. The molecule has 1 N–H and O–H groups in total. The van der Waals surface area contributed by atoms with Crippen LogP contribution < -0.4 is 5.32 Å². The summed E-state index contributed by atoms with van der Waals surface area (Å²) in [5.74, 6) is 0. The number of nitrogens with one attached hydrogen (secondary N) is 1. The van der Waals surface area contributed by atoms with Crippen LogP contribution in [0.1, 0.15) is 24.4 Å². The van der Waals surface area contributed by atoms with Gasteiger partial charge in [0.15, 0.2) is 0 Å². The topological polar surface area (TPSA) is 32.3 Å². The highest BCUT2D eigenvalue weighted by Crippen LogP contribution is 2.32. The van der Waals surface area contributed by atoms with Gasteiger partial charge in [-0.2, -0.15) is 11.3 Å². The van der Waals surface area contributed by atoms with Crippen molar-refractivity contribution in [1.82, 2.24) is 10.2 Å². The number of carbonyl (C=O) groups is 1. The van der Waals surface area contributed by atoms with Crippen LogP contribution in [-0.4, -0.2) is 24.5 Å². The molecule has 1 aliphatic rings. The van der Waals surface area contributed by atoms with E-state index in [1.807, 2.05) is 4.90 Å². The lowest BCUT2D eigenvalue weighted by Crippen LogP contribution is -2.37. The zero-order valence-corrected chi connectivity index (χ0v) is 9.01. The molecule has 0 aliphatic carbocycles. The monoisotopic (exact) mass is 210 g/mol. The van der Waals surface area contributed by atoms with E-state index >= 15 is 0 Å². The second-order valence-corrected chi connectivity index (χ2v) is 4.24. The van der Waals surface area contributed by atoms with Crippen molar-refractivity contribution in [2.75, 3.05) is 13.6 Å². The molecule has 3 nitrogen and oxygen atoms in total. The molecular formula is C10H14N2OS. The van der Waals surface area contributed by atoms with Crippen molar-refractivity contribution in [1.29, 1.82) is 0 Å². The molecular weight excluding hydrogens is 196 g/mol. The Bertz CT molecular complexity index is 310. The highest BCUT2D eigenvalue weighted by Gasteiger charge is 2.29. The molecule has 0 spiro atoms. The lowest BCUT2D eigenvalue weighted by molar-refractivity contribution is 0.195. The number of thiophene rings is 1. The summed E-state index contributed by atoms with van der Waals surface area (Å²) in [7, 11) is 1.69. The average molecular weight is 210 g/mol. The van der Waals surface area contributed by atoms with Gasteiger partial charge < -0.3 is 10.2 Å². The van der Waals surface area contributed by atoms with Crippen LogP contribution in [0, 0.1) is 0 Å². The first-order valence-electron chi connectivity index (χ1n) is 4.83. The number of carbonyl (C=O) groups excluding carboxylic acids is 1. The van der Waals surface area contributed by atoms with Gasteiger partial charge in [0.2, 0.25) is 0 Å². The fourth-order valence-electron chi connectivity index (χ4n) is 1.96. The number of likely N-dealkylation sites (tertiary alicyclic amines) is 1. The quantitative estimate of drug-likeness (QED) is 0.757. The number of rotatable bonds is 1. The molecule has 1 saturated heterocycles. The predicted octanol–water partition coefficient (Wildman–Crippen LogP) is 2.22. The maximum Gasteiger partial charge on any atom is 0.317 e. The van der Waals surface area contributed by atoms with Crippen molar-refractivity contribution in [2.24, 2.45) is 0 Å². The first kappa shape index (κ1) is 9.52. The van der Waals surface area contributed by atoms with E-state index in [-0.39, 0.29) is 6.03 Å². The molecule has 76 valence electrons. The number of hydrogen-bond acceptors (Lipinski definition) is 2. The van der Waals surface area contributed by atoms with E-state index < -0.39 is 0 Å². The molecule has 1 unspecified atom stereocenters. The van der Waals surface area contributed by atoms with Crippen LogP contribution in [0.25, 0.3) is 0 Å². The molecule has 0 saturated carbocycles. The minimum Gasteiger partial charge on any atom is -0.341 e. The van der Waals surface area contributed by atoms with E-state index in [9.17, 15) is 4.79 Å². The van der Waals surface area contributed by atoms with Gasteiger partial charge in [-0.25, -0.2) is 4.79 Å². The molecule has 4 heteroatoms. The fourth-order valence-corrected chi connectivity index (χ4v) is 2.67. The summed E-state index contributed by atoms with van der Waals surface area (Å²) in [5, 5.41) is 6.89. The van der Waals surface area contributed by atoms with E-state index in [4.69, 9.17) is 0 Å². The van der Waals surface area contributed by atoms with Crippen molar-refractivity contribution in [3.63, 3.8) is 0 Å². The highest BCUT2D eigenvalue weighted by molar-refractivity contribution is 7.07. The summed E-state index contributed by atoms with van der Waals surface area (Å²) >= 11 is 1.69. The van der Waals surface area contributed by atoms with Crippen molar-refractivity contribution >= 4 is 17.4 Å². The number of nitrogens with zero attached hydrogens (tertiary/aromatic N) is 1. The molecule has 2 amide bonds. The molecule has 2 rings (SSSR count). The number of hydrogen-bond donors (Lipinski definition) is 1. The second-order valence-electron chi connectivity index (χ2n) is 3.46. The molecule has 1 atom stereocenters. The maximum absolute atomic E-state index is 11.5. The van der Waals surface area contributed by atoms with E-state index in [1.54, 1.807) is 18.4 Å². The largest absolute Gasteiger partial charge is 0.341 e. The molecule has 1 aromatic heterocycles. The standard InChI is InChI=1S/C10H14N2OS/c1-11-10(13)12-5-2-3-9(12)8-4-6-14-7-8/h4,6-7,9H,2-3,5H2,1H3,(H,11,13). The van der Waals surface area contributed by atoms with Crippen molar-refractivity contribution in [3.05, 3.63) is 22.4 Å². The highest BCUT2D eigenvalue weighted by atomic mass is 32.1. The number of urea groups is 1. The van der Waals surface area contributed by atoms with Gasteiger partial charge in [-0.1, -0.05) is 0 Å². The first-order valence-corrected chi connectivity index (χ1v) is 5.77. The Labute approximate surface area is 87.7 Å². The lowest BCUT2D eigenvalue weighted by atomic mass is 10.1. The van der Waals surface area contributed by atoms with Gasteiger partial charge in [0.05, 0.1) is 6.04 Å². The van der Waals surface area contributed by atoms with Crippen molar-refractivity contribution in [3.8, 4) is 0 Å². The third kappa shape index (κ3) is 1.62. The van der Waals surface area contributed by atoms with Crippen LogP contribution >= 0.6 is 11.3 Å². The van der Waals surface area contributed by atoms with Gasteiger partial charge in [-0.05, 0) is 35.2 Å². The van der Waals surface area contributed by atoms with Crippen LogP contribution in [0.3, 0.4) is 0 Å². The van der Waals surface area contributed by atoms with Crippen LogP contribution in [0.15, 0.2) is 16.8 Å². The van der Waals surface area contributed by atoms with Gasteiger partial charge in [0.25, 0.3) is 0 Å². The molecule has 14 heavy (non-hydrogen) atoms. The van der Waals surface area contributed by atoms with E-state index in [0.717, 1.165) is 19.4 Å². The molecule has 0 bridgehead atoms. The third-order valence-electron chi connectivity index (χ3n) is 2.66. The molecule has 0 radical (unpaired) electrons. The summed E-state index contributed by atoms with van der Waals surface area (Å²) in [4.78, 5) is 13.5.